The summed E-state index contributed by atoms with van der Waals surface area (Å²) in [7, 11) is 0. The minimum absolute atomic E-state index is 0.123. The lowest BCUT2D eigenvalue weighted by molar-refractivity contribution is 0.554. The van der Waals surface area contributed by atoms with E-state index in [1.54, 1.807) is 0 Å². The van der Waals surface area contributed by atoms with Crippen LogP contribution < -0.4 is 10.6 Å². The van der Waals surface area contributed by atoms with E-state index < -0.39 is 0 Å². The van der Waals surface area contributed by atoms with Crippen LogP contribution >= 0.6 is 0 Å². The molecule has 0 spiro atoms. The van der Waals surface area contributed by atoms with E-state index >= 15 is 0 Å². The molecule has 1 heterocycles. The minimum Gasteiger partial charge on any atom is -0.347 e. The topological polar surface area (TPSA) is 36.4 Å². The lowest BCUT2D eigenvalue weighted by Gasteiger charge is -2.19. The third-order valence-electron chi connectivity index (χ3n) is 4.82. The smallest absolute Gasteiger partial charge is 0.192 e. The zero-order chi connectivity index (χ0) is 18.5. The van der Waals surface area contributed by atoms with Gasteiger partial charge in [-0.3, -0.25) is 4.99 Å². The highest BCUT2D eigenvalue weighted by Crippen LogP contribution is 2.32. The highest BCUT2D eigenvalue weighted by Gasteiger charge is 2.32. The molecule has 136 valence electrons. The minimum atomic E-state index is -0.208. The standard InChI is InChI=1S/C23H22FN3/c24-20-13-11-17(12-14-20)15-16-25-23-26-21(18-7-3-1-4-8-18)22(27-23)19-9-5-2-6-10-19/h1-14,21-22H,15-16H2,(H2,25,26,27). The van der Waals surface area contributed by atoms with Crippen LogP contribution in [-0.4, -0.2) is 12.5 Å². The van der Waals surface area contributed by atoms with Crippen molar-refractivity contribution in [3.05, 3.63) is 107 Å². The third-order valence-corrected chi connectivity index (χ3v) is 4.82. The van der Waals surface area contributed by atoms with E-state index in [4.69, 9.17) is 4.99 Å². The zero-order valence-electron chi connectivity index (χ0n) is 15.0. The van der Waals surface area contributed by atoms with E-state index in [0.29, 0.717) is 6.54 Å². The van der Waals surface area contributed by atoms with Crippen LogP contribution in [0.15, 0.2) is 89.9 Å². The molecule has 1 fully saturated rings. The number of nitrogens with zero attached hydrogens (tertiary/aromatic N) is 1. The van der Waals surface area contributed by atoms with E-state index in [1.165, 1.54) is 23.3 Å². The second kappa shape index (κ2) is 8.04. The first-order valence-electron chi connectivity index (χ1n) is 9.21. The molecule has 0 bridgehead atoms. The van der Waals surface area contributed by atoms with Gasteiger partial charge in [-0.1, -0.05) is 72.8 Å². The summed E-state index contributed by atoms with van der Waals surface area (Å²) in [6.45, 7) is 0.643. The fraction of sp³-hybridized carbons (Fsp3) is 0.174. The molecule has 0 radical (unpaired) electrons. The number of benzene rings is 3. The van der Waals surface area contributed by atoms with E-state index in [9.17, 15) is 4.39 Å². The average Bonchev–Trinajstić information content (AvgIpc) is 3.15. The van der Waals surface area contributed by atoms with Gasteiger partial charge in [0, 0.05) is 6.54 Å². The van der Waals surface area contributed by atoms with Gasteiger partial charge in [0.25, 0.3) is 0 Å². The Balaban J connectivity index is 1.50. The largest absolute Gasteiger partial charge is 0.347 e. The van der Waals surface area contributed by atoms with Crippen molar-refractivity contribution in [3.8, 4) is 0 Å². The van der Waals surface area contributed by atoms with E-state index in [0.717, 1.165) is 17.9 Å². The first-order valence-corrected chi connectivity index (χ1v) is 9.21. The van der Waals surface area contributed by atoms with Gasteiger partial charge >= 0.3 is 0 Å². The number of hydrogen-bond acceptors (Lipinski definition) is 1. The van der Waals surface area contributed by atoms with Crippen molar-refractivity contribution in [2.45, 2.75) is 18.5 Å². The summed E-state index contributed by atoms with van der Waals surface area (Å²) in [5, 5.41) is 7.06. The average molecular weight is 359 g/mol. The fourth-order valence-corrected chi connectivity index (χ4v) is 3.41. The van der Waals surface area contributed by atoms with Crippen LogP contribution in [0.3, 0.4) is 0 Å². The Morgan fingerprint density at radius 2 is 1.22 bits per heavy atom. The van der Waals surface area contributed by atoms with Gasteiger partial charge in [0.05, 0.1) is 12.1 Å². The molecular formula is C23H22FN3. The number of halogens is 1. The Kier molecular flexibility index (Phi) is 5.15. The van der Waals surface area contributed by atoms with Crippen molar-refractivity contribution in [1.29, 1.82) is 0 Å². The molecule has 2 unspecified atom stereocenters. The molecule has 3 aromatic rings. The van der Waals surface area contributed by atoms with Gasteiger partial charge in [0.2, 0.25) is 0 Å². The summed E-state index contributed by atoms with van der Waals surface area (Å²) < 4.78 is 13.0. The van der Waals surface area contributed by atoms with Gasteiger partial charge in [-0.05, 0) is 35.2 Å². The Bertz CT molecular complexity index is 842. The summed E-state index contributed by atoms with van der Waals surface area (Å²) in [6, 6.07) is 27.7. The van der Waals surface area contributed by atoms with Crippen molar-refractivity contribution in [2.75, 3.05) is 6.54 Å². The number of guanidine groups is 1. The normalized spacial score (nSPS) is 18.6. The number of rotatable bonds is 5. The van der Waals surface area contributed by atoms with E-state index in [1.807, 2.05) is 24.3 Å². The van der Waals surface area contributed by atoms with Crippen molar-refractivity contribution in [3.63, 3.8) is 0 Å². The van der Waals surface area contributed by atoms with Crippen LogP contribution in [0.1, 0.15) is 28.8 Å². The summed E-state index contributed by atoms with van der Waals surface area (Å²) >= 11 is 0. The third kappa shape index (κ3) is 4.17. The highest BCUT2D eigenvalue weighted by atomic mass is 19.1. The van der Waals surface area contributed by atoms with E-state index in [2.05, 4.69) is 59.2 Å². The maximum absolute atomic E-state index is 13.0. The fourth-order valence-electron chi connectivity index (χ4n) is 3.41. The molecule has 4 rings (SSSR count). The molecule has 0 aliphatic carbocycles. The summed E-state index contributed by atoms with van der Waals surface area (Å²) in [5.74, 6) is 0.598. The van der Waals surface area contributed by atoms with Crippen LogP contribution in [0.5, 0.6) is 0 Å². The van der Waals surface area contributed by atoms with Gasteiger partial charge in [-0.15, -0.1) is 0 Å². The van der Waals surface area contributed by atoms with Crippen molar-refractivity contribution in [1.82, 2.24) is 10.6 Å². The Morgan fingerprint density at radius 1 is 0.704 bits per heavy atom. The van der Waals surface area contributed by atoms with E-state index in [-0.39, 0.29) is 17.9 Å². The van der Waals surface area contributed by atoms with Crippen LogP contribution in [0.2, 0.25) is 0 Å². The number of nitrogens with one attached hydrogen (secondary N) is 2. The maximum Gasteiger partial charge on any atom is 0.192 e. The van der Waals surface area contributed by atoms with Crippen LogP contribution in [0.25, 0.3) is 0 Å². The Morgan fingerprint density at radius 3 is 1.74 bits per heavy atom. The monoisotopic (exact) mass is 359 g/mol. The molecule has 1 aliphatic rings. The number of hydrogen-bond donors (Lipinski definition) is 2. The number of aliphatic imine (C=N–C) groups is 1. The maximum atomic E-state index is 13.0. The SMILES string of the molecule is Fc1ccc(CCN=C2NC(c3ccccc3)C(c3ccccc3)N2)cc1. The van der Waals surface area contributed by atoms with Crippen LogP contribution in [0, 0.1) is 5.82 Å². The molecular weight excluding hydrogens is 337 g/mol. The molecule has 3 nitrogen and oxygen atoms in total. The van der Waals surface area contributed by atoms with Gasteiger partial charge in [-0.25, -0.2) is 4.39 Å². The van der Waals surface area contributed by atoms with Gasteiger partial charge in [-0.2, -0.15) is 0 Å². The molecule has 4 heteroatoms. The van der Waals surface area contributed by atoms with Gasteiger partial charge in [0.15, 0.2) is 5.96 Å². The molecule has 2 atom stereocenters. The Labute approximate surface area is 159 Å². The summed E-state index contributed by atoms with van der Waals surface area (Å²) in [4.78, 5) is 4.69. The second-order valence-corrected chi connectivity index (χ2v) is 6.67. The summed E-state index contributed by atoms with van der Waals surface area (Å²) in [6.07, 6.45) is 0.777. The zero-order valence-corrected chi connectivity index (χ0v) is 15.0. The lowest BCUT2D eigenvalue weighted by atomic mass is 9.95. The first-order chi connectivity index (χ1) is 13.3. The molecule has 0 amide bonds. The van der Waals surface area contributed by atoms with Gasteiger partial charge < -0.3 is 10.6 Å². The molecule has 1 aliphatic heterocycles. The van der Waals surface area contributed by atoms with Crippen LogP contribution in [0.4, 0.5) is 4.39 Å². The Hall–Kier alpha value is -3.14. The molecule has 3 aromatic carbocycles. The predicted octanol–water partition coefficient (Wildman–Crippen LogP) is 4.40. The molecule has 2 N–H and O–H groups in total. The van der Waals surface area contributed by atoms with Gasteiger partial charge in [0.1, 0.15) is 5.82 Å². The second-order valence-electron chi connectivity index (χ2n) is 6.67. The highest BCUT2D eigenvalue weighted by molar-refractivity contribution is 5.83. The quantitative estimate of drug-likeness (QED) is 0.708. The summed E-state index contributed by atoms with van der Waals surface area (Å²) in [5.41, 5.74) is 3.53. The predicted molar refractivity (Wildman–Crippen MR) is 107 cm³/mol. The lowest BCUT2D eigenvalue weighted by Crippen LogP contribution is -2.25. The molecule has 0 aromatic heterocycles. The first kappa shape index (κ1) is 17.3. The van der Waals surface area contributed by atoms with Crippen LogP contribution in [-0.2, 0) is 6.42 Å². The van der Waals surface area contributed by atoms with Crippen molar-refractivity contribution < 1.29 is 4.39 Å². The van der Waals surface area contributed by atoms with Crippen molar-refractivity contribution >= 4 is 5.96 Å². The van der Waals surface area contributed by atoms with Crippen molar-refractivity contribution in [2.24, 2.45) is 4.99 Å². The molecule has 0 saturated carbocycles. The molecule has 27 heavy (non-hydrogen) atoms. The molecule has 1 saturated heterocycles.